The van der Waals surface area contributed by atoms with E-state index in [-0.39, 0.29) is 17.8 Å². The summed E-state index contributed by atoms with van der Waals surface area (Å²) < 4.78 is 5.09. The van der Waals surface area contributed by atoms with Crippen molar-refractivity contribution in [3.8, 4) is 0 Å². The quantitative estimate of drug-likeness (QED) is 0.868. The van der Waals surface area contributed by atoms with Crippen LogP contribution in [0.3, 0.4) is 0 Å². The molecule has 1 amide bonds. The Morgan fingerprint density at radius 1 is 1.41 bits per heavy atom. The number of hydrogen-bond acceptors (Lipinski definition) is 4. The third kappa shape index (κ3) is 2.93. The van der Waals surface area contributed by atoms with Crippen LogP contribution >= 0.6 is 0 Å². The molecule has 0 radical (unpaired) electrons. The minimum absolute atomic E-state index is 0.0173. The van der Waals surface area contributed by atoms with Gasteiger partial charge in [-0.15, -0.1) is 0 Å². The van der Waals surface area contributed by atoms with Crippen LogP contribution in [-0.4, -0.2) is 43.0 Å². The van der Waals surface area contributed by atoms with E-state index in [0.29, 0.717) is 25.3 Å². The molecule has 0 bridgehead atoms. The van der Waals surface area contributed by atoms with Gasteiger partial charge in [-0.25, -0.2) is 0 Å². The Morgan fingerprint density at radius 2 is 2.27 bits per heavy atom. The molecule has 0 aromatic heterocycles. The third-order valence-electron chi connectivity index (χ3n) is 4.39. The Hall–Kier alpha value is -2.04. The summed E-state index contributed by atoms with van der Waals surface area (Å²) >= 11 is 0. The van der Waals surface area contributed by atoms with E-state index in [9.17, 15) is 9.59 Å². The summed E-state index contributed by atoms with van der Waals surface area (Å²) in [5, 5.41) is 3.30. The van der Waals surface area contributed by atoms with E-state index in [1.54, 1.807) is 4.90 Å². The molecule has 1 saturated heterocycles. The highest BCUT2D eigenvalue weighted by Crippen LogP contribution is 2.25. The highest BCUT2D eigenvalue weighted by atomic mass is 16.5. The van der Waals surface area contributed by atoms with Gasteiger partial charge in [-0.2, -0.15) is 0 Å². The number of anilines is 1. The first-order chi connectivity index (χ1) is 10.7. The average Bonchev–Trinajstić information content (AvgIpc) is 3.02. The lowest BCUT2D eigenvalue weighted by molar-refractivity contribution is -0.149. The van der Waals surface area contributed by atoms with Crippen LogP contribution < -0.4 is 5.32 Å². The largest absolute Gasteiger partial charge is 0.466 e. The van der Waals surface area contributed by atoms with E-state index < -0.39 is 0 Å². The van der Waals surface area contributed by atoms with Gasteiger partial charge in [-0.05, 0) is 49.9 Å². The summed E-state index contributed by atoms with van der Waals surface area (Å²) in [4.78, 5) is 26.4. The Morgan fingerprint density at radius 3 is 3.09 bits per heavy atom. The van der Waals surface area contributed by atoms with Crippen LogP contribution in [0.1, 0.15) is 35.7 Å². The summed E-state index contributed by atoms with van der Waals surface area (Å²) in [7, 11) is 0. The van der Waals surface area contributed by atoms with Gasteiger partial charge in [0.25, 0.3) is 5.91 Å². The average molecular weight is 302 g/mol. The van der Waals surface area contributed by atoms with Crippen LogP contribution in [0.5, 0.6) is 0 Å². The molecule has 0 saturated carbocycles. The van der Waals surface area contributed by atoms with Crippen molar-refractivity contribution in [2.75, 3.05) is 31.6 Å². The molecule has 0 spiro atoms. The van der Waals surface area contributed by atoms with E-state index in [1.807, 2.05) is 25.1 Å². The van der Waals surface area contributed by atoms with Crippen LogP contribution in [0.4, 0.5) is 5.69 Å². The molecule has 1 N–H and O–H groups in total. The molecule has 2 aliphatic heterocycles. The number of hydrogen-bond donors (Lipinski definition) is 1. The van der Waals surface area contributed by atoms with Crippen molar-refractivity contribution in [1.82, 2.24) is 4.90 Å². The van der Waals surface area contributed by atoms with Crippen LogP contribution in [0.25, 0.3) is 0 Å². The number of carbonyl (C=O) groups is 2. The third-order valence-corrected chi connectivity index (χ3v) is 4.39. The molecule has 5 heteroatoms. The second-order valence-electron chi connectivity index (χ2n) is 5.89. The van der Waals surface area contributed by atoms with Gasteiger partial charge in [0.15, 0.2) is 0 Å². The molecule has 2 aliphatic rings. The molecule has 5 nitrogen and oxygen atoms in total. The maximum atomic E-state index is 12.7. The van der Waals surface area contributed by atoms with Gasteiger partial charge in [-0.1, -0.05) is 0 Å². The summed E-state index contributed by atoms with van der Waals surface area (Å²) in [5.74, 6) is -0.351. The lowest BCUT2D eigenvalue weighted by Crippen LogP contribution is -2.42. The molecule has 22 heavy (non-hydrogen) atoms. The smallest absolute Gasteiger partial charge is 0.310 e. The van der Waals surface area contributed by atoms with Crippen molar-refractivity contribution < 1.29 is 14.3 Å². The van der Waals surface area contributed by atoms with Gasteiger partial charge in [-0.3, -0.25) is 9.59 Å². The van der Waals surface area contributed by atoms with Crippen molar-refractivity contribution in [1.29, 1.82) is 0 Å². The predicted octanol–water partition coefficient (Wildman–Crippen LogP) is 2.07. The van der Waals surface area contributed by atoms with Crippen molar-refractivity contribution in [3.05, 3.63) is 29.3 Å². The maximum Gasteiger partial charge on any atom is 0.310 e. The molecule has 2 heterocycles. The molecule has 1 fully saturated rings. The highest BCUT2D eigenvalue weighted by molar-refractivity contribution is 5.95. The van der Waals surface area contributed by atoms with Crippen molar-refractivity contribution >= 4 is 17.6 Å². The number of ether oxygens (including phenoxy) is 1. The number of benzene rings is 1. The van der Waals surface area contributed by atoms with Crippen molar-refractivity contribution in [2.24, 2.45) is 5.92 Å². The minimum atomic E-state index is -0.186. The van der Waals surface area contributed by atoms with Gasteiger partial charge >= 0.3 is 5.97 Å². The zero-order valence-corrected chi connectivity index (χ0v) is 12.9. The Bertz CT molecular complexity index is 585. The number of nitrogens with zero attached hydrogens (tertiary/aromatic N) is 1. The highest BCUT2D eigenvalue weighted by Gasteiger charge is 2.30. The number of esters is 1. The fourth-order valence-corrected chi connectivity index (χ4v) is 3.23. The first kappa shape index (κ1) is 14.9. The summed E-state index contributed by atoms with van der Waals surface area (Å²) in [6.45, 7) is 4.31. The Labute approximate surface area is 130 Å². The Balaban J connectivity index is 1.70. The lowest BCUT2D eigenvalue weighted by atomic mass is 9.97. The van der Waals surface area contributed by atoms with Crippen LogP contribution in [0, 0.1) is 5.92 Å². The predicted molar refractivity (Wildman–Crippen MR) is 83.9 cm³/mol. The van der Waals surface area contributed by atoms with Crippen molar-refractivity contribution in [2.45, 2.75) is 26.2 Å². The zero-order chi connectivity index (χ0) is 15.5. The van der Waals surface area contributed by atoms with Crippen LogP contribution in [0.2, 0.25) is 0 Å². The monoisotopic (exact) mass is 302 g/mol. The van der Waals surface area contributed by atoms with Crippen molar-refractivity contribution in [3.63, 3.8) is 0 Å². The normalized spacial score (nSPS) is 20.2. The number of fused-ring (bicyclic) bond motifs is 1. The van der Waals surface area contributed by atoms with Gasteiger partial charge in [0, 0.05) is 30.9 Å². The van der Waals surface area contributed by atoms with E-state index in [0.717, 1.165) is 31.5 Å². The molecule has 3 rings (SSSR count). The second-order valence-corrected chi connectivity index (χ2v) is 5.89. The molecular formula is C17H22N2O3. The van der Waals surface area contributed by atoms with Crippen LogP contribution in [0.15, 0.2) is 18.2 Å². The topological polar surface area (TPSA) is 58.6 Å². The first-order valence-electron chi connectivity index (χ1n) is 8.01. The Kier molecular flexibility index (Phi) is 4.32. The first-order valence-corrected chi connectivity index (χ1v) is 8.01. The lowest BCUT2D eigenvalue weighted by Gasteiger charge is -2.31. The minimum Gasteiger partial charge on any atom is -0.466 e. The molecule has 1 atom stereocenters. The number of nitrogens with one attached hydrogen (secondary N) is 1. The van der Waals surface area contributed by atoms with Gasteiger partial charge in [0.1, 0.15) is 0 Å². The maximum absolute atomic E-state index is 12.7. The standard InChI is InChI=1S/C17H22N2O3/c1-2-22-17(21)14-4-3-9-19(11-14)16(20)13-5-6-15-12(10-13)7-8-18-15/h5-6,10,14,18H,2-4,7-9,11H2,1H3. The van der Waals surface area contributed by atoms with E-state index in [4.69, 9.17) is 4.74 Å². The fourth-order valence-electron chi connectivity index (χ4n) is 3.23. The number of likely N-dealkylation sites (tertiary alicyclic amines) is 1. The number of rotatable bonds is 3. The summed E-state index contributed by atoms with van der Waals surface area (Å²) in [6.07, 6.45) is 2.61. The van der Waals surface area contributed by atoms with E-state index in [2.05, 4.69) is 5.32 Å². The van der Waals surface area contributed by atoms with E-state index >= 15 is 0 Å². The second kappa shape index (κ2) is 6.38. The molecule has 1 unspecified atom stereocenters. The van der Waals surface area contributed by atoms with Gasteiger partial charge < -0.3 is 15.0 Å². The molecule has 1 aromatic carbocycles. The fraction of sp³-hybridized carbons (Fsp3) is 0.529. The van der Waals surface area contributed by atoms with Crippen LogP contribution in [-0.2, 0) is 16.0 Å². The molecule has 0 aliphatic carbocycles. The molecular weight excluding hydrogens is 280 g/mol. The van der Waals surface area contributed by atoms with Gasteiger partial charge in [0.2, 0.25) is 0 Å². The number of piperidine rings is 1. The van der Waals surface area contributed by atoms with Gasteiger partial charge in [0.05, 0.1) is 12.5 Å². The SMILES string of the molecule is CCOC(=O)C1CCCN(C(=O)c2ccc3c(c2)CCN3)C1. The summed E-state index contributed by atoms with van der Waals surface area (Å²) in [5.41, 5.74) is 3.04. The number of carbonyl (C=O) groups excluding carboxylic acids is 2. The zero-order valence-electron chi connectivity index (χ0n) is 12.9. The molecule has 1 aromatic rings. The molecule has 118 valence electrons. The number of amides is 1. The summed E-state index contributed by atoms with van der Waals surface area (Å²) in [6, 6.07) is 5.82. The van der Waals surface area contributed by atoms with E-state index in [1.165, 1.54) is 5.56 Å².